The number of amides is 3. The Bertz CT molecular complexity index is 949. The third-order valence-corrected chi connectivity index (χ3v) is 5.74. The first-order valence-corrected chi connectivity index (χ1v) is 11.1. The van der Waals surface area contributed by atoms with Gasteiger partial charge in [0.25, 0.3) is 11.8 Å². The molecule has 1 atom stereocenters. The molecule has 0 radical (unpaired) electrons. The van der Waals surface area contributed by atoms with Gasteiger partial charge in [-0.05, 0) is 55.7 Å². The van der Waals surface area contributed by atoms with Crippen LogP contribution in [0.3, 0.4) is 0 Å². The van der Waals surface area contributed by atoms with Crippen LogP contribution in [0.1, 0.15) is 40.0 Å². The zero-order chi connectivity index (χ0) is 22.9. The maximum absolute atomic E-state index is 12.9. The highest BCUT2D eigenvalue weighted by Gasteiger charge is 2.28. The topological polar surface area (TPSA) is 87.7 Å². The number of anilines is 1. The van der Waals surface area contributed by atoms with Crippen molar-refractivity contribution in [2.24, 2.45) is 5.92 Å². The number of benzene rings is 2. The van der Waals surface area contributed by atoms with E-state index in [1.165, 1.54) is 0 Å². The van der Waals surface area contributed by atoms with E-state index in [2.05, 4.69) is 10.6 Å². The number of ether oxygens (including phenoxy) is 1. The number of nitrogens with one attached hydrogen (secondary N) is 2. The van der Waals surface area contributed by atoms with E-state index in [1.54, 1.807) is 60.5 Å². The lowest BCUT2D eigenvalue weighted by atomic mass is 9.96. The first-order valence-electron chi connectivity index (χ1n) is 10.7. The summed E-state index contributed by atoms with van der Waals surface area (Å²) in [4.78, 5) is 39.5. The van der Waals surface area contributed by atoms with Gasteiger partial charge in [0.05, 0.1) is 16.5 Å². The minimum Gasteiger partial charge on any atom is -0.385 e. The van der Waals surface area contributed by atoms with Crippen molar-refractivity contribution >= 4 is 35.0 Å². The van der Waals surface area contributed by atoms with E-state index < -0.39 is 0 Å². The normalized spacial score (nSPS) is 15.8. The number of rotatable bonds is 8. The van der Waals surface area contributed by atoms with E-state index in [-0.39, 0.29) is 23.6 Å². The molecule has 0 bridgehead atoms. The second kappa shape index (κ2) is 11.6. The van der Waals surface area contributed by atoms with Crippen LogP contribution in [0.15, 0.2) is 48.5 Å². The minimum atomic E-state index is -0.315. The third-order valence-electron chi connectivity index (χ3n) is 5.41. The van der Waals surface area contributed by atoms with Crippen LogP contribution in [0.5, 0.6) is 0 Å². The summed E-state index contributed by atoms with van der Waals surface area (Å²) in [5.74, 6) is -0.656. The Kier molecular flexibility index (Phi) is 8.64. The molecule has 0 spiro atoms. The largest absolute Gasteiger partial charge is 0.385 e. The van der Waals surface area contributed by atoms with Gasteiger partial charge in [-0.2, -0.15) is 0 Å². The maximum Gasteiger partial charge on any atom is 0.257 e. The molecule has 0 saturated carbocycles. The predicted octanol–water partition coefficient (Wildman–Crippen LogP) is 3.60. The molecule has 0 unspecified atom stereocenters. The van der Waals surface area contributed by atoms with Gasteiger partial charge >= 0.3 is 0 Å². The zero-order valence-electron chi connectivity index (χ0n) is 18.1. The number of likely N-dealkylation sites (tertiary alicyclic amines) is 1. The van der Waals surface area contributed by atoms with Crippen LogP contribution < -0.4 is 10.6 Å². The van der Waals surface area contributed by atoms with Gasteiger partial charge in [-0.3, -0.25) is 14.4 Å². The number of hydrogen-bond donors (Lipinski definition) is 2. The smallest absolute Gasteiger partial charge is 0.257 e. The van der Waals surface area contributed by atoms with Crippen molar-refractivity contribution in [3.63, 3.8) is 0 Å². The van der Waals surface area contributed by atoms with E-state index in [1.807, 2.05) is 0 Å². The van der Waals surface area contributed by atoms with E-state index in [9.17, 15) is 14.4 Å². The van der Waals surface area contributed by atoms with E-state index in [4.69, 9.17) is 16.3 Å². The molecule has 1 aliphatic heterocycles. The average molecular weight is 458 g/mol. The van der Waals surface area contributed by atoms with Crippen molar-refractivity contribution in [1.82, 2.24) is 10.2 Å². The summed E-state index contributed by atoms with van der Waals surface area (Å²) < 4.78 is 4.99. The number of nitrogens with zero attached hydrogens (tertiary/aromatic N) is 1. The van der Waals surface area contributed by atoms with E-state index >= 15 is 0 Å². The maximum atomic E-state index is 12.9. The quantitative estimate of drug-likeness (QED) is 0.593. The molecule has 3 rings (SSSR count). The molecular weight excluding hydrogens is 430 g/mol. The molecule has 1 saturated heterocycles. The molecule has 1 heterocycles. The number of carbonyl (C=O) groups is 3. The fourth-order valence-electron chi connectivity index (χ4n) is 3.67. The molecule has 8 heteroatoms. The Morgan fingerprint density at radius 3 is 2.59 bits per heavy atom. The molecule has 0 aliphatic carbocycles. The molecule has 2 aromatic carbocycles. The highest BCUT2D eigenvalue weighted by Crippen LogP contribution is 2.21. The molecule has 32 heavy (non-hydrogen) atoms. The summed E-state index contributed by atoms with van der Waals surface area (Å²) in [7, 11) is 1.63. The average Bonchev–Trinajstić information content (AvgIpc) is 2.82. The Balaban J connectivity index is 1.56. The van der Waals surface area contributed by atoms with Gasteiger partial charge in [0.2, 0.25) is 5.91 Å². The van der Waals surface area contributed by atoms with Crippen molar-refractivity contribution in [3.05, 3.63) is 64.7 Å². The van der Waals surface area contributed by atoms with Crippen molar-refractivity contribution < 1.29 is 19.1 Å². The summed E-state index contributed by atoms with van der Waals surface area (Å²) in [6.45, 7) is 2.19. The number of hydrogen-bond acceptors (Lipinski definition) is 4. The molecule has 3 amide bonds. The fraction of sp³-hybridized carbons (Fsp3) is 0.375. The van der Waals surface area contributed by atoms with Gasteiger partial charge in [0.1, 0.15) is 0 Å². The Hall–Kier alpha value is -2.90. The van der Waals surface area contributed by atoms with Gasteiger partial charge < -0.3 is 20.3 Å². The van der Waals surface area contributed by atoms with Gasteiger partial charge in [0.15, 0.2) is 0 Å². The molecule has 1 fully saturated rings. The number of piperidine rings is 1. The number of methoxy groups -OCH3 is 1. The van der Waals surface area contributed by atoms with Gasteiger partial charge in [0, 0.05) is 44.6 Å². The zero-order valence-corrected chi connectivity index (χ0v) is 18.9. The standard InChI is InChI=1S/C24H28ClN3O4/c1-32-15-5-13-26-22(29)18-6-4-14-28(16-18)24(31)17-9-11-19(12-10-17)27-23(30)20-7-2-3-8-21(20)25/h2-3,7-12,18H,4-6,13-16H2,1H3,(H,26,29)(H,27,30)/t18-/m1/s1. The summed E-state index contributed by atoms with van der Waals surface area (Å²) in [6, 6.07) is 13.5. The van der Waals surface area contributed by atoms with Crippen LogP contribution in [-0.2, 0) is 9.53 Å². The third kappa shape index (κ3) is 6.31. The number of halogens is 1. The SMILES string of the molecule is COCCCNC(=O)[C@@H]1CCCN(C(=O)c2ccc(NC(=O)c3ccccc3Cl)cc2)C1. The number of carbonyl (C=O) groups excluding carboxylic acids is 3. The summed E-state index contributed by atoms with van der Waals surface area (Å²) >= 11 is 6.07. The molecule has 2 aromatic rings. The summed E-state index contributed by atoms with van der Waals surface area (Å²) in [6.07, 6.45) is 2.32. The van der Waals surface area contributed by atoms with Crippen LogP contribution in [-0.4, -0.2) is 56.0 Å². The monoisotopic (exact) mass is 457 g/mol. The predicted molar refractivity (Wildman–Crippen MR) is 124 cm³/mol. The van der Waals surface area contributed by atoms with E-state index in [0.29, 0.717) is 48.1 Å². The van der Waals surface area contributed by atoms with Crippen LogP contribution in [0.25, 0.3) is 0 Å². The summed E-state index contributed by atoms with van der Waals surface area (Å²) in [5.41, 5.74) is 1.47. The van der Waals surface area contributed by atoms with E-state index in [0.717, 1.165) is 19.3 Å². The highest BCUT2D eigenvalue weighted by molar-refractivity contribution is 6.34. The van der Waals surface area contributed by atoms with Crippen molar-refractivity contribution in [3.8, 4) is 0 Å². The van der Waals surface area contributed by atoms with Crippen LogP contribution in [0.2, 0.25) is 5.02 Å². The fourth-order valence-corrected chi connectivity index (χ4v) is 3.89. The molecule has 2 N–H and O–H groups in total. The second-order valence-electron chi connectivity index (χ2n) is 7.74. The van der Waals surface area contributed by atoms with Gasteiger partial charge in [-0.25, -0.2) is 0 Å². The van der Waals surface area contributed by atoms with Crippen molar-refractivity contribution in [1.29, 1.82) is 0 Å². The Labute approximate surface area is 193 Å². The summed E-state index contributed by atoms with van der Waals surface area (Å²) in [5, 5.41) is 6.08. The van der Waals surface area contributed by atoms with Gasteiger partial charge in [-0.1, -0.05) is 23.7 Å². The molecule has 0 aromatic heterocycles. The molecule has 7 nitrogen and oxygen atoms in total. The van der Waals surface area contributed by atoms with Crippen LogP contribution in [0, 0.1) is 5.92 Å². The molecule has 170 valence electrons. The first-order chi connectivity index (χ1) is 15.5. The molecular formula is C24H28ClN3O4. The van der Waals surface area contributed by atoms with Gasteiger partial charge in [-0.15, -0.1) is 0 Å². The lowest BCUT2D eigenvalue weighted by Crippen LogP contribution is -2.45. The van der Waals surface area contributed by atoms with Crippen LogP contribution in [0.4, 0.5) is 5.69 Å². The lowest BCUT2D eigenvalue weighted by Gasteiger charge is -2.32. The Morgan fingerprint density at radius 1 is 1.12 bits per heavy atom. The lowest BCUT2D eigenvalue weighted by molar-refractivity contribution is -0.126. The second-order valence-corrected chi connectivity index (χ2v) is 8.15. The minimum absolute atomic E-state index is 0.0174. The van der Waals surface area contributed by atoms with Crippen LogP contribution >= 0.6 is 11.6 Å². The first kappa shape index (κ1) is 23.8. The molecule has 1 aliphatic rings. The highest BCUT2D eigenvalue weighted by atomic mass is 35.5. The van der Waals surface area contributed by atoms with Crippen molar-refractivity contribution in [2.75, 3.05) is 38.7 Å². The van der Waals surface area contributed by atoms with Crippen molar-refractivity contribution in [2.45, 2.75) is 19.3 Å². The Morgan fingerprint density at radius 2 is 1.88 bits per heavy atom.